The maximum atomic E-state index is 10.6. The zero-order valence-corrected chi connectivity index (χ0v) is 10.8. The predicted octanol–water partition coefficient (Wildman–Crippen LogP) is 1.92. The number of nitrogens with two attached hydrogens (primary N) is 1. The molecule has 1 aromatic carbocycles. The van der Waals surface area contributed by atoms with Gasteiger partial charge in [-0.25, -0.2) is 0 Å². The summed E-state index contributed by atoms with van der Waals surface area (Å²) >= 11 is 17.4. The Kier molecular flexibility index (Phi) is 5.04. The molecule has 0 saturated heterocycles. The van der Waals surface area contributed by atoms with Crippen LogP contribution in [0, 0.1) is 0 Å². The summed E-state index contributed by atoms with van der Waals surface area (Å²) in [5, 5.41) is 19.9. The van der Waals surface area contributed by atoms with Crippen LogP contribution in [-0.4, -0.2) is 22.2 Å². The normalized spacial score (nSPS) is 14.4. The van der Waals surface area contributed by atoms with E-state index in [4.69, 9.17) is 40.5 Å². The SMILES string of the molecule is NC(=O)CC(O)C(O)c1cc(Cl)cc(Cl)c1Cl. The molecular formula is C10H10Cl3NO3. The maximum absolute atomic E-state index is 10.6. The molecule has 0 heterocycles. The third kappa shape index (κ3) is 3.72. The van der Waals surface area contributed by atoms with Crippen molar-refractivity contribution in [1.82, 2.24) is 0 Å². The van der Waals surface area contributed by atoms with E-state index in [0.717, 1.165) is 0 Å². The molecule has 0 aliphatic heterocycles. The Bertz CT molecular complexity index is 439. The summed E-state index contributed by atoms with van der Waals surface area (Å²) in [4.78, 5) is 10.6. The number of aliphatic hydroxyl groups excluding tert-OH is 2. The Morgan fingerprint density at radius 2 is 1.88 bits per heavy atom. The van der Waals surface area contributed by atoms with Gasteiger partial charge in [0.2, 0.25) is 5.91 Å². The lowest BCUT2D eigenvalue weighted by atomic mass is 10.0. The van der Waals surface area contributed by atoms with Crippen molar-refractivity contribution in [3.05, 3.63) is 32.8 Å². The summed E-state index contributed by atoms with van der Waals surface area (Å²) < 4.78 is 0. The first kappa shape index (κ1) is 14.5. The van der Waals surface area contributed by atoms with Gasteiger partial charge in [-0.15, -0.1) is 0 Å². The van der Waals surface area contributed by atoms with Crippen molar-refractivity contribution < 1.29 is 15.0 Å². The Balaban J connectivity index is 3.03. The molecule has 0 bridgehead atoms. The number of carbonyl (C=O) groups is 1. The molecule has 0 saturated carbocycles. The first-order chi connectivity index (χ1) is 7.82. The van der Waals surface area contributed by atoms with E-state index < -0.39 is 18.1 Å². The van der Waals surface area contributed by atoms with Crippen molar-refractivity contribution in [1.29, 1.82) is 0 Å². The molecule has 17 heavy (non-hydrogen) atoms. The average molecular weight is 299 g/mol. The van der Waals surface area contributed by atoms with Crippen LogP contribution in [0.5, 0.6) is 0 Å². The summed E-state index contributed by atoms with van der Waals surface area (Å²) in [5.41, 5.74) is 5.06. The van der Waals surface area contributed by atoms with Crippen molar-refractivity contribution >= 4 is 40.7 Å². The van der Waals surface area contributed by atoms with Crippen LogP contribution in [0.1, 0.15) is 18.1 Å². The first-order valence-corrected chi connectivity index (χ1v) is 5.75. The highest BCUT2D eigenvalue weighted by molar-refractivity contribution is 6.43. The maximum Gasteiger partial charge on any atom is 0.220 e. The lowest BCUT2D eigenvalue weighted by molar-refractivity contribution is -0.121. The Labute approximate surface area is 113 Å². The van der Waals surface area contributed by atoms with Crippen LogP contribution >= 0.6 is 34.8 Å². The highest BCUT2D eigenvalue weighted by Gasteiger charge is 2.24. The number of halogens is 3. The third-order valence-corrected chi connectivity index (χ3v) is 3.15. The Hall–Kier alpha value is -0.520. The molecule has 4 nitrogen and oxygen atoms in total. The molecule has 0 radical (unpaired) electrons. The second-order valence-corrected chi connectivity index (χ2v) is 4.70. The molecule has 4 N–H and O–H groups in total. The Morgan fingerprint density at radius 3 is 2.41 bits per heavy atom. The minimum Gasteiger partial charge on any atom is -0.390 e. The van der Waals surface area contributed by atoms with Crippen molar-refractivity contribution in [2.45, 2.75) is 18.6 Å². The molecule has 94 valence electrons. The standard InChI is InChI=1S/C10H10Cl3NO3/c11-4-1-5(9(13)6(12)2-4)10(17)7(15)3-8(14)16/h1-2,7,10,15,17H,3H2,(H2,14,16). The molecule has 1 amide bonds. The van der Waals surface area contributed by atoms with E-state index in [0.29, 0.717) is 0 Å². The fraction of sp³-hybridized carbons (Fsp3) is 0.300. The van der Waals surface area contributed by atoms with Gasteiger partial charge in [0.25, 0.3) is 0 Å². The van der Waals surface area contributed by atoms with Crippen LogP contribution < -0.4 is 5.73 Å². The van der Waals surface area contributed by atoms with Crippen molar-refractivity contribution in [2.24, 2.45) is 5.73 Å². The van der Waals surface area contributed by atoms with Crippen LogP contribution in [-0.2, 0) is 4.79 Å². The summed E-state index contributed by atoms with van der Waals surface area (Å²) in [6.07, 6.45) is -3.13. The molecular weight excluding hydrogens is 288 g/mol. The van der Waals surface area contributed by atoms with Gasteiger partial charge in [-0.2, -0.15) is 0 Å². The van der Waals surface area contributed by atoms with Crippen molar-refractivity contribution in [3.8, 4) is 0 Å². The molecule has 0 spiro atoms. The van der Waals surface area contributed by atoms with Gasteiger partial charge in [0, 0.05) is 10.6 Å². The summed E-state index contributed by atoms with van der Waals surface area (Å²) in [5.74, 6) is -0.735. The Morgan fingerprint density at radius 1 is 1.29 bits per heavy atom. The molecule has 2 unspecified atom stereocenters. The lowest BCUT2D eigenvalue weighted by Crippen LogP contribution is -2.25. The second-order valence-electron chi connectivity index (χ2n) is 3.47. The van der Waals surface area contributed by atoms with E-state index >= 15 is 0 Å². The molecule has 0 aliphatic carbocycles. The number of hydrogen-bond donors (Lipinski definition) is 3. The smallest absolute Gasteiger partial charge is 0.220 e. The van der Waals surface area contributed by atoms with E-state index in [1.54, 1.807) is 0 Å². The number of primary amides is 1. The van der Waals surface area contributed by atoms with E-state index in [-0.39, 0.29) is 27.1 Å². The van der Waals surface area contributed by atoms with Crippen LogP contribution in [0.15, 0.2) is 12.1 Å². The number of benzene rings is 1. The number of hydrogen-bond acceptors (Lipinski definition) is 3. The van der Waals surface area contributed by atoms with Crippen LogP contribution in [0.2, 0.25) is 15.1 Å². The largest absolute Gasteiger partial charge is 0.390 e. The fourth-order valence-corrected chi connectivity index (χ4v) is 2.05. The van der Waals surface area contributed by atoms with Crippen LogP contribution in [0.4, 0.5) is 0 Å². The molecule has 2 atom stereocenters. The highest BCUT2D eigenvalue weighted by atomic mass is 35.5. The first-order valence-electron chi connectivity index (χ1n) is 4.61. The number of carbonyl (C=O) groups excluding carboxylic acids is 1. The van der Waals surface area contributed by atoms with Crippen molar-refractivity contribution in [3.63, 3.8) is 0 Å². The highest BCUT2D eigenvalue weighted by Crippen LogP contribution is 2.34. The molecule has 1 rings (SSSR count). The van der Waals surface area contributed by atoms with E-state index in [1.807, 2.05) is 0 Å². The van der Waals surface area contributed by atoms with Crippen molar-refractivity contribution in [2.75, 3.05) is 0 Å². The number of aliphatic hydroxyl groups is 2. The zero-order valence-electron chi connectivity index (χ0n) is 8.53. The van der Waals surface area contributed by atoms with Gasteiger partial charge in [-0.1, -0.05) is 34.8 Å². The van der Waals surface area contributed by atoms with E-state index in [2.05, 4.69) is 0 Å². The number of amides is 1. The molecule has 1 aromatic rings. The molecule has 0 aliphatic rings. The summed E-state index contributed by atoms with van der Waals surface area (Å²) in [6, 6.07) is 2.77. The molecule has 0 aromatic heterocycles. The monoisotopic (exact) mass is 297 g/mol. The van der Waals surface area contributed by atoms with E-state index in [1.165, 1.54) is 12.1 Å². The minimum atomic E-state index is -1.38. The van der Waals surface area contributed by atoms with Gasteiger partial charge < -0.3 is 15.9 Å². The van der Waals surface area contributed by atoms with Gasteiger partial charge in [-0.05, 0) is 12.1 Å². The van der Waals surface area contributed by atoms with Gasteiger partial charge in [0.05, 0.1) is 22.6 Å². The van der Waals surface area contributed by atoms with Gasteiger partial charge in [0.1, 0.15) is 6.10 Å². The fourth-order valence-electron chi connectivity index (χ4n) is 1.32. The summed E-state index contributed by atoms with van der Waals surface area (Å²) in [6.45, 7) is 0. The summed E-state index contributed by atoms with van der Waals surface area (Å²) in [7, 11) is 0. The number of rotatable bonds is 4. The molecule has 7 heteroatoms. The van der Waals surface area contributed by atoms with Gasteiger partial charge >= 0.3 is 0 Å². The lowest BCUT2D eigenvalue weighted by Gasteiger charge is -2.18. The topological polar surface area (TPSA) is 83.6 Å². The predicted molar refractivity (Wildman–Crippen MR) is 66.3 cm³/mol. The van der Waals surface area contributed by atoms with E-state index in [9.17, 15) is 15.0 Å². The van der Waals surface area contributed by atoms with Gasteiger partial charge in [-0.3, -0.25) is 4.79 Å². The zero-order chi connectivity index (χ0) is 13.2. The minimum absolute atomic E-state index is 0.0760. The van der Waals surface area contributed by atoms with Crippen LogP contribution in [0.25, 0.3) is 0 Å². The third-order valence-electron chi connectivity index (χ3n) is 2.11. The second kappa shape index (κ2) is 5.89. The van der Waals surface area contributed by atoms with Gasteiger partial charge in [0.15, 0.2) is 0 Å². The van der Waals surface area contributed by atoms with Crippen LogP contribution in [0.3, 0.4) is 0 Å². The quantitative estimate of drug-likeness (QED) is 0.743. The average Bonchev–Trinajstić information content (AvgIpc) is 2.21. The molecule has 0 fully saturated rings.